The summed E-state index contributed by atoms with van der Waals surface area (Å²) in [7, 11) is 0. The van der Waals surface area contributed by atoms with Gasteiger partial charge in [0.25, 0.3) is 0 Å². The number of rotatable bonds is 1. The van der Waals surface area contributed by atoms with Crippen LogP contribution < -0.4 is 0 Å². The van der Waals surface area contributed by atoms with Crippen LogP contribution in [0.1, 0.15) is 27.2 Å². The van der Waals surface area contributed by atoms with Crippen LogP contribution in [-0.2, 0) is 4.79 Å². The molecule has 60 valence electrons. The molecule has 1 unspecified atom stereocenters. The van der Waals surface area contributed by atoms with Crippen molar-refractivity contribution in [2.75, 3.05) is 0 Å². The summed E-state index contributed by atoms with van der Waals surface area (Å²) in [6.07, 6.45) is 0.468. The monoisotopic (exact) mass is 152 g/mol. The second-order valence-corrected chi connectivity index (χ2v) is 3.74. The van der Waals surface area contributed by atoms with Crippen LogP contribution in [0.4, 0.5) is 0 Å². The quantitative estimate of drug-likeness (QED) is 0.578. The molecule has 0 fully saturated rings. The fourth-order valence-electron chi connectivity index (χ4n) is 1.14. The first-order valence-electron chi connectivity index (χ1n) is 3.63. The molecule has 1 atom stereocenters. The van der Waals surface area contributed by atoms with Crippen LogP contribution in [0.15, 0.2) is 0 Å². The van der Waals surface area contributed by atoms with E-state index in [9.17, 15) is 4.79 Å². The largest absolute Gasteiger partial charge is 0.481 e. The Kier molecular flexibility index (Phi) is 1.48. The fourth-order valence-corrected chi connectivity index (χ4v) is 1.14. The van der Waals surface area contributed by atoms with Crippen molar-refractivity contribution in [2.45, 2.75) is 27.2 Å². The van der Waals surface area contributed by atoms with Gasteiger partial charge in [-0.25, -0.2) is 0 Å². The average Bonchev–Trinajstić information content (AvgIpc) is 2.09. The molecule has 0 bridgehead atoms. The van der Waals surface area contributed by atoms with Gasteiger partial charge in [0.05, 0.1) is 5.41 Å². The van der Waals surface area contributed by atoms with E-state index in [-0.39, 0.29) is 0 Å². The molecule has 1 aliphatic rings. The van der Waals surface area contributed by atoms with Crippen molar-refractivity contribution in [2.24, 2.45) is 10.8 Å². The smallest absolute Gasteiger partial charge is 0.311 e. The van der Waals surface area contributed by atoms with E-state index in [1.54, 1.807) is 6.92 Å². The maximum absolute atomic E-state index is 10.9. The van der Waals surface area contributed by atoms with Gasteiger partial charge in [-0.1, -0.05) is 5.92 Å². The average molecular weight is 152 g/mol. The zero-order valence-electron chi connectivity index (χ0n) is 7.06. The molecule has 2 nitrogen and oxygen atoms in total. The molecule has 0 saturated carbocycles. The molecule has 0 aromatic rings. The van der Waals surface area contributed by atoms with Gasteiger partial charge in [-0.15, -0.1) is 5.92 Å². The Balaban J connectivity index is 3.01. The van der Waals surface area contributed by atoms with Crippen molar-refractivity contribution in [1.82, 2.24) is 0 Å². The van der Waals surface area contributed by atoms with E-state index in [1.807, 2.05) is 13.8 Å². The molecule has 11 heavy (non-hydrogen) atoms. The highest BCUT2D eigenvalue weighted by molar-refractivity contribution is 5.77. The van der Waals surface area contributed by atoms with Crippen molar-refractivity contribution in [3.05, 3.63) is 0 Å². The van der Waals surface area contributed by atoms with Gasteiger partial charge in [-0.05, 0) is 20.8 Å². The van der Waals surface area contributed by atoms with Crippen molar-refractivity contribution in [1.29, 1.82) is 0 Å². The number of hydrogen-bond acceptors (Lipinski definition) is 1. The third-order valence-electron chi connectivity index (χ3n) is 2.69. The third-order valence-corrected chi connectivity index (χ3v) is 2.69. The van der Waals surface area contributed by atoms with Crippen molar-refractivity contribution in [3.63, 3.8) is 0 Å². The topological polar surface area (TPSA) is 37.3 Å². The van der Waals surface area contributed by atoms with Crippen LogP contribution in [0.25, 0.3) is 0 Å². The number of carbonyl (C=O) groups is 1. The van der Waals surface area contributed by atoms with Crippen LogP contribution in [0.2, 0.25) is 0 Å². The molecule has 1 rings (SSSR count). The maximum Gasteiger partial charge on any atom is 0.311 e. The van der Waals surface area contributed by atoms with E-state index in [0.29, 0.717) is 6.42 Å². The molecule has 1 aliphatic carbocycles. The Morgan fingerprint density at radius 2 is 2.00 bits per heavy atom. The lowest BCUT2D eigenvalue weighted by molar-refractivity contribution is -0.152. The molecule has 2 heteroatoms. The van der Waals surface area contributed by atoms with Gasteiger partial charge < -0.3 is 5.11 Å². The predicted molar refractivity (Wildman–Crippen MR) is 41.9 cm³/mol. The van der Waals surface area contributed by atoms with E-state index in [2.05, 4.69) is 11.8 Å². The Bertz CT molecular complexity index is 254. The molecular weight excluding hydrogens is 140 g/mol. The summed E-state index contributed by atoms with van der Waals surface area (Å²) in [5.41, 5.74) is -1.11. The first-order valence-corrected chi connectivity index (χ1v) is 3.63. The highest BCUT2D eigenvalue weighted by Crippen LogP contribution is 2.44. The molecule has 0 aliphatic heterocycles. The Morgan fingerprint density at radius 3 is 2.18 bits per heavy atom. The second kappa shape index (κ2) is 2.01. The second-order valence-electron chi connectivity index (χ2n) is 3.74. The Morgan fingerprint density at radius 1 is 1.45 bits per heavy atom. The van der Waals surface area contributed by atoms with E-state index in [0.717, 1.165) is 0 Å². The highest BCUT2D eigenvalue weighted by Gasteiger charge is 2.48. The van der Waals surface area contributed by atoms with Gasteiger partial charge in [0.2, 0.25) is 0 Å². The van der Waals surface area contributed by atoms with Crippen LogP contribution in [0.5, 0.6) is 0 Å². The summed E-state index contributed by atoms with van der Waals surface area (Å²) in [5.74, 6) is 5.03. The molecule has 0 radical (unpaired) electrons. The number of carboxylic acids is 1. The predicted octanol–water partition coefficient (Wildman–Crippen LogP) is 1.51. The lowest BCUT2D eigenvalue weighted by atomic mass is 9.69. The lowest BCUT2D eigenvalue weighted by Crippen LogP contribution is -2.38. The number of aliphatic carboxylic acids is 1. The van der Waals surface area contributed by atoms with Gasteiger partial charge in [0.1, 0.15) is 0 Å². The van der Waals surface area contributed by atoms with Gasteiger partial charge >= 0.3 is 5.97 Å². The zero-order valence-corrected chi connectivity index (χ0v) is 7.06. The lowest BCUT2D eigenvalue weighted by Gasteiger charge is -2.31. The van der Waals surface area contributed by atoms with Gasteiger partial charge in [-0.3, -0.25) is 4.79 Å². The highest BCUT2D eigenvalue weighted by atomic mass is 16.4. The SMILES string of the molecule is CC1(C)C#CCC1(C)C(=O)O. The molecule has 0 spiro atoms. The number of carboxylic acid groups (broad SMARTS) is 1. The Labute approximate surface area is 66.6 Å². The van der Waals surface area contributed by atoms with E-state index in [4.69, 9.17) is 5.11 Å². The van der Waals surface area contributed by atoms with Crippen LogP contribution in [0, 0.1) is 22.7 Å². The summed E-state index contributed by atoms with van der Waals surface area (Å²) in [6.45, 7) is 5.49. The molecule has 0 aromatic heterocycles. The number of hydrogen-bond donors (Lipinski definition) is 1. The Hall–Kier alpha value is -0.970. The fraction of sp³-hybridized carbons (Fsp3) is 0.667. The minimum Gasteiger partial charge on any atom is -0.481 e. The molecule has 0 heterocycles. The van der Waals surface area contributed by atoms with Gasteiger partial charge in [0.15, 0.2) is 0 Å². The van der Waals surface area contributed by atoms with Crippen LogP contribution in [0.3, 0.4) is 0 Å². The van der Waals surface area contributed by atoms with E-state index < -0.39 is 16.8 Å². The minimum absolute atomic E-state index is 0.390. The molecule has 0 aromatic carbocycles. The van der Waals surface area contributed by atoms with Crippen molar-refractivity contribution in [3.8, 4) is 11.8 Å². The maximum atomic E-state index is 10.9. The minimum atomic E-state index is -0.764. The standard InChI is InChI=1S/C9H12O2/c1-8(2)5-4-6-9(8,3)7(10)11/h6H2,1-3H3,(H,10,11). The molecule has 1 N–H and O–H groups in total. The molecule has 0 saturated heterocycles. The van der Waals surface area contributed by atoms with Gasteiger partial charge in [0, 0.05) is 11.8 Å². The summed E-state index contributed by atoms with van der Waals surface area (Å²) in [5, 5.41) is 8.93. The molecule has 0 amide bonds. The first-order chi connectivity index (χ1) is 4.90. The first kappa shape index (κ1) is 8.13. The van der Waals surface area contributed by atoms with E-state index in [1.165, 1.54) is 0 Å². The van der Waals surface area contributed by atoms with Crippen LogP contribution >= 0.6 is 0 Å². The normalized spacial score (nSPS) is 32.6. The van der Waals surface area contributed by atoms with Crippen molar-refractivity contribution >= 4 is 5.97 Å². The summed E-state index contributed by atoms with van der Waals surface area (Å²) in [6, 6.07) is 0. The summed E-state index contributed by atoms with van der Waals surface area (Å²) >= 11 is 0. The summed E-state index contributed by atoms with van der Waals surface area (Å²) in [4.78, 5) is 10.9. The van der Waals surface area contributed by atoms with E-state index >= 15 is 0 Å². The van der Waals surface area contributed by atoms with Gasteiger partial charge in [-0.2, -0.15) is 0 Å². The summed E-state index contributed by atoms with van der Waals surface area (Å²) < 4.78 is 0. The van der Waals surface area contributed by atoms with Crippen molar-refractivity contribution < 1.29 is 9.90 Å². The molecular formula is C9H12O2. The third kappa shape index (κ3) is 0.920. The van der Waals surface area contributed by atoms with Crippen LogP contribution in [-0.4, -0.2) is 11.1 Å². The zero-order chi connectivity index (χ0) is 8.70.